The number of hydrogen-bond acceptors (Lipinski definition) is 4. The fourth-order valence-corrected chi connectivity index (χ4v) is 4.07. The van der Waals surface area contributed by atoms with Gasteiger partial charge in [0.05, 0.1) is 5.75 Å². The van der Waals surface area contributed by atoms with Crippen molar-refractivity contribution in [1.82, 2.24) is 19.3 Å². The van der Waals surface area contributed by atoms with Crippen molar-refractivity contribution in [2.24, 2.45) is 0 Å². The molecule has 0 aliphatic rings. The summed E-state index contributed by atoms with van der Waals surface area (Å²) in [5.41, 5.74) is 2.89. The molecule has 0 saturated carbocycles. The minimum atomic E-state index is -3.21. The molecule has 0 aliphatic carbocycles. The molecule has 0 aliphatic heterocycles. The van der Waals surface area contributed by atoms with E-state index in [1.165, 1.54) is 5.56 Å². The standard InChI is InChI=1S/C19H24N4O2S/c1-2-15-26(24,25)21-13-14-23-18(11-10-16-7-4-3-5-8-16)22-17-9-6-12-20-19(17)23/h3-9,12,21H,2,10-11,13-15H2,1H3. The molecular formula is C19H24N4O2S. The molecule has 0 fully saturated rings. The molecule has 2 aromatic heterocycles. The van der Waals surface area contributed by atoms with Gasteiger partial charge >= 0.3 is 0 Å². The number of rotatable bonds is 9. The second-order valence-corrected chi connectivity index (χ2v) is 8.15. The number of aromatic nitrogens is 3. The molecule has 138 valence electrons. The lowest BCUT2D eigenvalue weighted by Gasteiger charge is -2.10. The van der Waals surface area contributed by atoms with Crippen molar-refractivity contribution in [2.75, 3.05) is 12.3 Å². The Bertz CT molecular complexity index is 952. The van der Waals surface area contributed by atoms with Crippen LogP contribution in [0.1, 0.15) is 24.7 Å². The molecule has 0 unspecified atom stereocenters. The van der Waals surface area contributed by atoms with Gasteiger partial charge in [0.15, 0.2) is 5.65 Å². The van der Waals surface area contributed by atoms with E-state index in [4.69, 9.17) is 4.98 Å². The van der Waals surface area contributed by atoms with E-state index in [0.717, 1.165) is 29.8 Å². The van der Waals surface area contributed by atoms with Crippen molar-refractivity contribution in [3.05, 3.63) is 60.0 Å². The van der Waals surface area contributed by atoms with Crippen molar-refractivity contribution in [3.63, 3.8) is 0 Å². The summed E-state index contributed by atoms with van der Waals surface area (Å²) in [6.07, 6.45) is 4.00. The molecule has 0 bridgehead atoms. The van der Waals surface area contributed by atoms with E-state index in [1.54, 1.807) is 6.20 Å². The predicted molar refractivity (Wildman–Crippen MR) is 103 cm³/mol. The molecule has 0 atom stereocenters. The second-order valence-electron chi connectivity index (χ2n) is 6.22. The van der Waals surface area contributed by atoms with Crippen LogP contribution in [0.4, 0.5) is 0 Å². The highest BCUT2D eigenvalue weighted by Crippen LogP contribution is 2.15. The van der Waals surface area contributed by atoms with Gasteiger partial charge in [0.2, 0.25) is 10.0 Å². The summed E-state index contributed by atoms with van der Waals surface area (Å²) in [4.78, 5) is 9.13. The number of hydrogen-bond donors (Lipinski definition) is 1. The van der Waals surface area contributed by atoms with E-state index in [1.807, 2.05) is 41.8 Å². The summed E-state index contributed by atoms with van der Waals surface area (Å²) in [5, 5.41) is 0. The SMILES string of the molecule is CCCS(=O)(=O)NCCn1c(CCc2ccccc2)nc2cccnc21. The first-order chi connectivity index (χ1) is 12.6. The van der Waals surface area contributed by atoms with E-state index < -0.39 is 10.0 Å². The van der Waals surface area contributed by atoms with E-state index in [-0.39, 0.29) is 5.75 Å². The molecule has 6 nitrogen and oxygen atoms in total. The van der Waals surface area contributed by atoms with Crippen LogP contribution < -0.4 is 4.72 Å². The number of fused-ring (bicyclic) bond motifs is 1. The Morgan fingerprint density at radius 2 is 1.88 bits per heavy atom. The summed E-state index contributed by atoms with van der Waals surface area (Å²) in [6, 6.07) is 14.1. The summed E-state index contributed by atoms with van der Waals surface area (Å²) in [5.74, 6) is 1.08. The Balaban J connectivity index is 1.76. The first-order valence-electron chi connectivity index (χ1n) is 8.90. The number of pyridine rings is 1. The average Bonchev–Trinajstić information content (AvgIpc) is 2.98. The van der Waals surface area contributed by atoms with Crippen molar-refractivity contribution >= 4 is 21.2 Å². The lowest BCUT2D eigenvalue weighted by molar-refractivity contribution is 0.569. The fraction of sp³-hybridized carbons (Fsp3) is 0.368. The van der Waals surface area contributed by atoms with Crippen LogP contribution in [0.15, 0.2) is 48.7 Å². The minimum Gasteiger partial charge on any atom is -0.311 e. The zero-order valence-electron chi connectivity index (χ0n) is 14.9. The normalized spacial score (nSPS) is 11.9. The molecule has 1 N–H and O–H groups in total. The van der Waals surface area contributed by atoms with Gasteiger partial charge < -0.3 is 4.57 Å². The maximum absolute atomic E-state index is 11.9. The van der Waals surface area contributed by atoms with E-state index in [9.17, 15) is 8.42 Å². The minimum absolute atomic E-state index is 0.150. The second kappa shape index (κ2) is 8.42. The summed E-state index contributed by atoms with van der Waals surface area (Å²) in [6.45, 7) is 2.71. The van der Waals surface area contributed by atoms with E-state index in [2.05, 4.69) is 21.8 Å². The summed E-state index contributed by atoms with van der Waals surface area (Å²) in [7, 11) is -3.21. The van der Waals surface area contributed by atoms with Crippen molar-refractivity contribution in [3.8, 4) is 0 Å². The zero-order chi connectivity index (χ0) is 18.4. The van der Waals surface area contributed by atoms with Gasteiger partial charge in [-0.1, -0.05) is 37.3 Å². The van der Waals surface area contributed by atoms with Crippen LogP contribution in [0, 0.1) is 0 Å². The lowest BCUT2D eigenvalue weighted by atomic mass is 10.1. The molecule has 2 heterocycles. The molecule has 0 saturated heterocycles. The van der Waals surface area contributed by atoms with Crippen LogP contribution in [-0.2, 0) is 29.4 Å². The predicted octanol–water partition coefficient (Wildman–Crippen LogP) is 2.55. The number of aryl methyl sites for hydroxylation is 2. The lowest BCUT2D eigenvalue weighted by Crippen LogP contribution is -2.29. The third-order valence-corrected chi connectivity index (χ3v) is 5.78. The van der Waals surface area contributed by atoms with Crippen molar-refractivity contribution < 1.29 is 8.42 Å². The highest BCUT2D eigenvalue weighted by Gasteiger charge is 2.13. The van der Waals surface area contributed by atoms with E-state index in [0.29, 0.717) is 19.5 Å². The van der Waals surface area contributed by atoms with Crippen LogP contribution in [-0.4, -0.2) is 35.3 Å². The maximum atomic E-state index is 11.9. The van der Waals surface area contributed by atoms with Crippen LogP contribution in [0.2, 0.25) is 0 Å². The number of nitrogens with one attached hydrogen (secondary N) is 1. The Morgan fingerprint density at radius 1 is 1.08 bits per heavy atom. The Kier molecular flexibility index (Phi) is 6.00. The van der Waals surface area contributed by atoms with Crippen LogP contribution in [0.3, 0.4) is 0 Å². The molecule has 0 radical (unpaired) electrons. The highest BCUT2D eigenvalue weighted by molar-refractivity contribution is 7.89. The largest absolute Gasteiger partial charge is 0.311 e. The third-order valence-electron chi connectivity index (χ3n) is 4.19. The smallest absolute Gasteiger partial charge is 0.211 e. The zero-order valence-corrected chi connectivity index (χ0v) is 15.7. The molecule has 3 aromatic rings. The topological polar surface area (TPSA) is 76.9 Å². The van der Waals surface area contributed by atoms with Gasteiger partial charge in [-0.3, -0.25) is 0 Å². The average molecular weight is 372 g/mol. The maximum Gasteiger partial charge on any atom is 0.211 e. The van der Waals surface area contributed by atoms with Gasteiger partial charge in [-0.25, -0.2) is 23.1 Å². The van der Waals surface area contributed by atoms with Gasteiger partial charge in [-0.2, -0.15) is 0 Å². The Hall–Kier alpha value is -2.25. The van der Waals surface area contributed by atoms with Gasteiger partial charge in [-0.05, 0) is 30.5 Å². The first kappa shape index (κ1) is 18.5. The number of nitrogens with zero attached hydrogens (tertiary/aromatic N) is 3. The first-order valence-corrected chi connectivity index (χ1v) is 10.6. The van der Waals surface area contributed by atoms with E-state index >= 15 is 0 Å². The third kappa shape index (κ3) is 4.68. The fourth-order valence-electron chi connectivity index (χ4n) is 2.99. The molecule has 0 amide bonds. The van der Waals surface area contributed by atoms with Gasteiger partial charge in [0.25, 0.3) is 0 Å². The van der Waals surface area contributed by atoms with Crippen LogP contribution in [0.25, 0.3) is 11.2 Å². The molecule has 1 aromatic carbocycles. The number of sulfonamides is 1. The molecule has 3 rings (SSSR count). The van der Waals surface area contributed by atoms with Crippen LogP contribution in [0.5, 0.6) is 0 Å². The Labute approximate surface area is 154 Å². The molecule has 26 heavy (non-hydrogen) atoms. The monoisotopic (exact) mass is 372 g/mol. The summed E-state index contributed by atoms with van der Waals surface area (Å²) < 4.78 is 28.4. The van der Waals surface area contributed by atoms with Crippen molar-refractivity contribution in [2.45, 2.75) is 32.7 Å². The highest BCUT2D eigenvalue weighted by atomic mass is 32.2. The van der Waals surface area contributed by atoms with Crippen molar-refractivity contribution in [1.29, 1.82) is 0 Å². The van der Waals surface area contributed by atoms with Crippen LogP contribution >= 0.6 is 0 Å². The molecular weight excluding hydrogens is 348 g/mol. The molecule has 0 spiro atoms. The Morgan fingerprint density at radius 3 is 2.65 bits per heavy atom. The number of benzene rings is 1. The number of imidazole rings is 1. The van der Waals surface area contributed by atoms with Gasteiger partial charge in [0.1, 0.15) is 11.3 Å². The molecule has 7 heteroatoms. The quantitative estimate of drug-likeness (QED) is 0.626. The van der Waals surface area contributed by atoms with Gasteiger partial charge in [-0.15, -0.1) is 0 Å². The van der Waals surface area contributed by atoms with Gasteiger partial charge in [0, 0.05) is 25.7 Å². The summed E-state index contributed by atoms with van der Waals surface area (Å²) >= 11 is 0.